The predicted octanol–water partition coefficient (Wildman–Crippen LogP) is 4.29. The lowest BCUT2D eigenvalue weighted by Crippen LogP contribution is -2.14. The molecule has 25 heavy (non-hydrogen) atoms. The van der Waals surface area contributed by atoms with E-state index in [1.807, 2.05) is 13.0 Å². The second-order valence-corrected chi connectivity index (χ2v) is 7.19. The molecule has 0 atom stereocenters. The monoisotopic (exact) mass is 441 g/mol. The lowest BCUT2D eigenvalue weighted by molar-refractivity contribution is 0.102. The minimum atomic E-state index is -0.316. The Morgan fingerprint density at radius 1 is 1.24 bits per heavy atom. The van der Waals surface area contributed by atoms with Gasteiger partial charge in [0.15, 0.2) is 11.5 Å². The maximum Gasteiger partial charge on any atom is 0.277 e. The topological polar surface area (TPSA) is 64.7 Å². The molecule has 130 valence electrons. The number of hydrogen-bond acceptors (Lipinski definition) is 3. The quantitative estimate of drug-likeness (QED) is 0.655. The lowest BCUT2D eigenvalue weighted by Gasteiger charge is -2.04. The van der Waals surface area contributed by atoms with Crippen molar-refractivity contribution < 1.29 is 4.79 Å². The minimum Gasteiger partial charge on any atom is -0.303 e. The third kappa shape index (κ3) is 4.05. The van der Waals surface area contributed by atoms with Crippen LogP contribution in [-0.4, -0.2) is 25.5 Å². The summed E-state index contributed by atoms with van der Waals surface area (Å²) >= 11 is 15.4. The minimum absolute atomic E-state index is 0.316. The molecule has 6 nitrogen and oxygen atoms in total. The van der Waals surface area contributed by atoms with Crippen molar-refractivity contribution in [1.29, 1.82) is 0 Å². The van der Waals surface area contributed by atoms with Gasteiger partial charge in [-0.2, -0.15) is 10.2 Å². The molecule has 1 N–H and O–H groups in total. The van der Waals surface area contributed by atoms with Gasteiger partial charge < -0.3 is 5.32 Å². The van der Waals surface area contributed by atoms with E-state index in [0.29, 0.717) is 32.6 Å². The van der Waals surface area contributed by atoms with Gasteiger partial charge in [-0.3, -0.25) is 14.2 Å². The number of halogens is 3. The number of amides is 1. The number of nitrogens with zero attached hydrogens (tertiary/aromatic N) is 4. The summed E-state index contributed by atoms with van der Waals surface area (Å²) in [5, 5.41) is 12.3. The highest BCUT2D eigenvalue weighted by Crippen LogP contribution is 2.25. The van der Waals surface area contributed by atoms with Gasteiger partial charge in [-0.05, 0) is 46.6 Å². The first-order valence-corrected chi connectivity index (χ1v) is 8.87. The van der Waals surface area contributed by atoms with E-state index in [1.165, 1.54) is 0 Å². The Balaban J connectivity index is 1.75. The smallest absolute Gasteiger partial charge is 0.277 e. The van der Waals surface area contributed by atoms with Crippen molar-refractivity contribution in [2.75, 3.05) is 5.32 Å². The highest BCUT2D eigenvalue weighted by Gasteiger charge is 2.15. The van der Waals surface area contributed by atoms with Crippen LogP contribution in [0.15, 0.2) is 34.9 Å². The summed E-state index contributed by atoms with van der Waals surface area (Å²) in [6, 6.07) is 7.12. The number of aryl methyl sites for hydroxylation is 2. The molecule has 1 aromatic carbocycles. The molecular formula is C16H14BrCl2N5O. The van der Waals surface area contributed by atoms with Crippen LogP contribution < -0.4 is 5.32 Å². The van der Waals surface area contributed by atoms with E-state index >= 15 is 0 Å². The number of anilines is 1. The first-order chi connectivity index (χ1) is 11.8. The van der Waals surface area contributed by atoms with E-state index in [0.717, 1.165) is 11.3 Å². The Hall–Kier alpha value is -1.83. The molecule has 0 radical (unpaired) electrons. The van der Waals surface area contributed by atoms with Crippen molar-refractivity contribution in [3.05, 3.63) is 61.9 Å². The lowest BCUT2D eigenvalue weighted by atomic mass is 10.2. The molecule has 0 aliphatic rings. The molecule has 0 spiro atoms. The summed E-state index contributed by atoms with van der Waals surface area (Å²) < 4.78 is 4.02. The Morgan fingerprint density at radius 3 is 2.64 bits per heavy atom. The van der Waals surface area contributed by atoms with E-state index in [1.54, 1.807) is 40.8 Å². The van der Waals surface area contributed by atoms with Crippen LogP contribution in [-0.2, 0) is 13.6 Å². The fraction of sp³-hybridized carbons (Fsp3) is 0.188. The van der Waals surface area contributed by atoms with Crippen molar-refractivity contribution in [2.24, 2.45) is 7.05 Å². The number of nitrogens with one attached hydrogen (secondary N) is 1. The molecule has 2 heterocycles. The van der Waals surface area contributed by atoms with Crippen LogP contribution in [0, 0.1) is 6.92 Å². The van der Waals surface area contributed by atoms with Crippen LogP contribution in [0.5, 0.6) is 0 Å². The highest BCUT2D eigenvalue weighted by molar-refractivity contribution is 9.10. The SMILES string of the molecule is Cc1cc(C(=O)Nc2nn(Cc3ccc(Cl)c(Cl)c3)cc2Br)nn1C. The standard InChI is InChI=1S/C16H14BrCl2N5O/c1-9-5-14(21-23(9)2)16(25)20-15-11(17)8-24(22-15)7-10-3-4-12(18)13(19)6-10/h3-6,8H,7H2,1-2H3,(H,20,22,25). The van der Waals surface area contributed by atoms with E-state index in [4.69, 9.17) is 23.2 Å². The van der Waals surface area contributed by atoms with Gasteiger partial charge in [0.25, 0.3) is 5.91 Å². The molecule has 0 saturated heterocycles. The van der Waals surface area contributed by atoms with Crippen molar-refractivity contribution in [3.8, 4) is 0 Å². The van der Waals surface area contributed by atoms with Crippen molar-refractivity contribution in [1.82, 2.24) is 19.6 Å². The molecule has 0 aliphatic carbocycles. The summed E-state index contributed by atoms with van der Waals surface area (Å²) in [5.74, 6) is 0.109. The second-order valence-electron chi connectivity index (χ2n) is 5.52. The molecule has 3 rings (SSSR count). The summed E-state index contributed by atoms with van der Waals surface area (Å²) in [5.41, 5.74) is 2.18. The molecule has 3 aromatic rings. The third-order valence-corrected chi connectivity index (χ3v) is 4.94. The van der Waals surface area contributed by atoms with Gasteiger partial charge in [-0.15, -0.1) is 0 Å². The Labute approximate surface area is 162 Å². The van der Waals surface area contributed by atoms with Crippen molar-refractivity contribution in [3.63, 3.8) is 0 Å². The summed E-state index contributed by atoms with van der Waals surface area (Å²) in [6.07, 6.45) is 1.78. The number of hydrogen-bond donors (Lipinski definition) is 1. The number of carbonyl (C=O) groups is 1. The van der Waals surface area contributed by atoms with Crippen molar-refractivity contribution in [2.45, 2.75) is 13.5 Å². The van der Waals surface area contributed by atoms with Crippen LogP contribution >= 0.6 is 39.1 Å². The number of rotatable bonds is 4. The van der Waals surface area contributed by atoms with Gasteiger partial charge in [0, 0.05) is 18.9 Å². The van der Waals surface area contributed by atoms with Gasteiger partial charge in [-0.25, -0.2) is 0 Å². The maximum absolute atomic E-state index is 12.3. The number of carbonyl (C=O) groups excluding carboxylic acids is 1. The van der Waals surface area contributed by atoms with Crippen molar-refractivity contribution >= 4 is 50.9 Å². The zero-order valence-electron chi connectivity index (χ0n) is 13.4. The average molecular weight is 443 g/mol. The van der Waals surface area contributed by atoms with Crippen LogP contribution in [0.1, 0.15) is 21.7 Å². The summed E-state index contributed by atoms with van der Waals surface area (Å²) in [7, 11) is 1.79. The highest BCUT2D eigenvalue weighted by atomic mass is 79.9. The van der Waals surface area contributed by atoms with E-state index in [9.17, 15) is 4.79 Å². The number of benzene rings is 1. The molecule has 0 saturated carbocycles. The molecular weight excluding hydrogens is 429 g/mol. The predicted molar refractivity (Wildman–Crippen MR) is 101 cm³/mol. The Morgan fingerprint density at radius 2 is 2.00 bits per heavy atom. The normalized spacial score (nSPS) is 10.9. The molecule has 2 aromatic heterocycles. The van der Waals surface area contributed by atoms with E-state index in [2.05, 4.69) is 31.4 Å². The summed E-state index contributed by atoms with van der Waals surface area (Å²) in [6.45, 7) is 2.37. The molecule has 1 amide bonds. The first kappa shape index (κ1) is 18.0. The van der Waals surface area contributed by atoms with E-state index in [-0.39, 0.29) is 5.91 Å². The fourth-order valence-corrected chi connectivity index (χ4v) is 2.97. The second kappa shape index (κ2) is 7.19. The van der Waals surface area contributed by atoms with Gasteiger partial charge in [0.1, 0.15) is 0 Å². The largest absolute Gasteiger partial charge is 0.303 e. The van der Waals surface area contributed by atoms with Crippen LogP contribution in [0.3, 0.4) is 0 Å². The average Bonchev–Trinajstić information content (AvgIpc) is 3.06. The molecule has 0 aliphatic heterocycles. The van der Waals surface area contributed by atoms with Gasteiger partial charge in [0.2, 0.25) is 0 Å². The van der Waals surface area contributed by atoms with Crippen LogP contribution in [0.4, 0.5) is 5.82 Å². The zero-order chi connectivity index (χ0) is 18.1. The fourth-order valence-electron chi connectivity index (χ4n) is 2.23. The number of aromatic nitrogens is 4. The Bertz CT molecular complexity index is 931. The molecule has 0 bridgehead atoms. The van der Waals surface area contributed by atoms with Crippen LogP contribution in [0.25, 0.3) is 0 Å². The maximum atomic E-state index is 12.3. The molecule has 0 fully saturated rings. The van der Waals surface area contributed by atoms with Gasteiger partial charge in [0.05, 0.1) is 21.1 Å². The Kier molecular flexibility index (Phi) is 5.17. The summed E-state index contributed by atoms with van der Waals surface area (Å²) in [4.78, 5) is 12.3. The zero-order valence-corrected chi connectivity index (χ0v) is 16.5. The van der Waals surface area contributed by atoms with E-state index < -0.39 is 0 Å². The first-order valence-electron chi connectivity index (χ1n) is 7.32. The third-order valence-electron chi connectivity index (χ3n) is 3.62. The van der Waals surface area contributed by atoms with Gasteiger partial charge >= 0.3 is 0 Å². The molecule has 0 unspecified atom stereocenters. The molecule has 9 heteroatoms. The van der Waals surface area contributed by atoms with Crippen LogP contribution in [0.2, 0.25) is 10.0 Å². The van der Waals surface area contributed by atoms with Gasteiger partial charge in [-0.1, -0.05) is 29.3 Å².